The fraction of sp³-hybridized carbons (Fsp3) is 0.500. The number of rotatable bonds is 6. The third-order valence-electron chi connectivity index (χ3n) is 2.62. The van der Waals surface area contributed by atoms with Crippen LogP contribution in [-0.2, 0) is 16.4 Å². The summed E-state index contributed by atoms with van der Waals surface area (Å²) in [7, 11) is -1.51. The molecule has 0 spiro atoms. The summed E-state index contributed by atoms with van der Waals surface area (Å²) < 4.78 is 26.5. The minimum atomic E-state index is -3.37. The fourth-order valence-corrected chi connectivity index (χ4v) is 2.92. The molecule has 0 aliphatic heterocycles. The maximum absolute atomic E-state index is 12.0. The highest BCUT2D eigenvalue weighted by Crippen LogP contribution is 2.16. The summed E-state index contributed by atoms with van der Waals surface area (Å²) >= 11 is 0. The standard InChI is InChI=1S/C12H20N2O2S/c1-4-14-17(15,16)12-8-6-5-7-11(12)9-10(2)13-3/h5-8,10,13-14H,4,9H2,1-3H3. The van der Waals surface area contributed by atoms with Crippen LogP contribution in [0.5, 0.6) is 0 Å². The van der Waals surface area contributed by atoms with Crippen molar-refractivity contribution in [2.24, 2.45) is 0 Å². The smallest absolute Gasteiger partial charge is 0.240 e. The first-order chi connectivity index (χ1) is 8.01. The Morgan fingerprint density at radius 1 is 1.29 bits per heavy atom. The molecule has 0 amide bonds. The minimum absolute atomic E-state index is 0.243. The van der Waals surface area contributed by atoms with Crippen molar-refractivity contribution < 1.29 is 8.42 Å². The van der Waals surface area contributed by atoms with Gasteiger partial charge in [-0.1, -0.05) is 25.1 Å². The van der Waals surface area contributed by atoms with Crippen LogP contribution in [0.1, 0.15) is 19.4 Å². The number of sulfonamides is 1. The lowest BCUT2D eigenvalue weighted by Gasteiger charge is -2.14. The summed E-state index contributed by atoms with van der Waals surface area (Å²) in [5.74, 6) is 0. The summed E-state index contributed by atoms with van der Waals surface area (Å²) in [4.78, 5) is 0.379. The molecule has 0 aliphatic rings. The lowest BCUT2D eigenvalue weighted by Crippen LogP contribution is -2.27. The SMILES string of the molecule is CCNS(=O)(=O)c1ccccc1CC(C)NC. The van der Waals surface area contributed by atoms with Crippen LogP contribution in [0.4, 0.5) is 0 Å². The lowest BCUT2D eigenvalue weighted by molar-refractivity contribution is 0.576. The van der Waals surface area contributed by atoms with Crippen molar-refractivity contribution in [1.82, 2.24) is 10.0 Å². The first-order valence-electron chi connectivity index (χ1n) is 5.76. The maximum Gasteiger partial charge on any atom is 0.240 e. The Balaban J connectivity index is 3.08. The molecule has 0 bridgehead atoms. The van der Waals surface area contributed by atoms with Crippen molar-refractivity contribution in [3.8, 4) is 0 Å². The highest BCUT2D eigenvalue weighted by molar-refractivity contribution is 7.89. The average Bonchev–Trinajstić information content (AvgIpc) is 2.29. The molecule has 0 radical (unpaired) electrons. The van der Waals surface area contributed by atoms with Gasteiger partial charge in [0.2, 0.25) is 10.0 Å². The molecular weight excluding hydrogens is 236 g/mol. The molecule has 0 saturated carbocycles. The largest absolute Gasteiger partial charge is 0.317 e. The van der Waals surface area contributed by atoms with Gasteiger partial charge in [-0.05, 0) is 32.0 Å². The van der Waals surface area contributed by atoms with Crippen LogP contribution in [0, 0.1) is 0 Å². The average molecular weight is 256 g/mol. The van der Waals surface area contributed by atoms with Gasteiger partial charge >= 0.3 is 0 Å². The van der Waals surface area contributed by atoms with E-state index in [1.54, 1.807) is 19.1 Å². The second-order valence-electron chi connectivity index (χ2n) is 4.00. The van der Waals surface area contributed by atoms with Crippen LogP contribution in [0.2, 0.25) is 0 Å². The van der Waals surface area contributed by atoms with E-state index in [4.69, 9.17) is 0 Å². The number of nitrogens with one attached hydrogen (secondary N) is 2. The van der Waals surface area contributed by atoms with Gasteiger partial charge in [-0.2, -0.15) is 0 Å². The zero-order valence-electron chi connectivity index (χ0n) is 10.5. The first kappa shape index (κ1) is 14.2. The van der Waals surface area contributed by atoms with Crippen molar-refractivity contribution in [3.05, 3.63) is 29.8 Å². The van der Waals surface area contributed by atoms with E-state index in [0.29, 0.717) is 17.9 Å². The predicted octanol–water partition coefficient (Wildman–Crippen LogP) is 1.14. The summed E-state index contributed by atoms with van der Waals surface area (Å²) in [5.41, 5.74) is 0.843. The van der Waals surface area contributed by atoms with E-state index in [-0.39, 0.29) is 6.04 Å². The highest BCUT2D eigenvalue weighted by atomic mass is 32.2. The van der Waals surface area contributed by atoms with Crippen molar-refractivity contribution in [2.75, 3.05) is 13.6 Å². The molecule has 0 saturated heterocycles. The Hall–Kier alpha value is -0.910. The molecule has 1 aromatic carbocycles. The molecule has 17 heavy (non-hydrogen) atoms. The fourth-order valence-electron chi connectivity index (χ4n) is 1.63. The zero-order chi connectivity index (χ0) is 12.9. The van der Waals surface area contributed by atoms with Crippen molar-refractivity contribution >= 4 is 10.0 Å². The van der Waals surface area contributed by atoms with Gasteiger partial charge in [0, 0.05) is 12.6 Å². The Morgan fingerprint density at radius 3 is 2.53 bits per heavy atom. The molecule has 0 heterocycles. The van der Waals surface area contributed by atoms with Crippen LogP contribution in [0.25, 0.3) is 0 Å². The molecule has 0 aliphatic carbocycles. The molecular formula is C12H20N2O2S. The van der Waals surface area contributed by atoms with Gasteiger partial charge in [0.25, 0.3) is 0 Å². The summed E-state index contributed by atoms with van der Waals surface area (Å²) in [5, 5.41) is 3.11. The third kappa shape index (κ3) is 3.80. The quantitative estimate of drug-likeness (QED) is 0.802. The topological polar surface area (TPSA) is 58.2 Å². The van der Waals surface area contributed by atoms with Crippen molar-refractivity contribution in [1.29, 1.82) is 0 Å². The van der Waals surface area contributed by atoms with E-state index < -0.39 is 10.0 Å². The van der Waals surface area contributed by atoms with Crippen LogP contribution >= 0.6 is 0 Å². The van der Waals surface area contributed by atoms with Gasteiger partial charge in [-0.15, -0.1) is 0 Å². The van der Waals surface area contributed by atoms with E-state index in [0.717, 1.165) is 5.56 Å². The van der Waals surface area contributed by atoms with E-state index in [1.807, 2.05) is 26.1 Å². The third-order valence-corrected chi connectivity index (χ3v) is 4.26. The summed E-state index contributed by atoms with van der Waals surface area (Å²) in [6.45, 7) is 4.20. The second-order valence-corrected chi connectivity index (χ2v) is 5.74. The molecule has 1 unspecified atom stereocenters. The number of hydrogen-bond acceptors (Lipinski definition) is 3. The van der Waals surface area contributed by atoms with Gasteiger partial charge < -0.3 is 5.32 Å². The molecule has 4 nitrogen and oxygen atoms in total. The molecule has 96 valence electrons. The van der Waals surface area contributed by atoms with Crippen molar-refractivity contribution in [2.45, 2.75) is 31.2 Å². The summed E-state index contributed by atoms with van der Waals surface area (Å²) in [6.07, 6.45) is 0.692. The predicted molar refractivity (Wildman–Crippen MR) is 69.5 cm³/mol. The van der Waals surface area contributed by atoms with Gasteiger partial charge in [0.05, 0.1) is 4.90 Å². The zero-order valence-corrected chi connectivity index (χ0v) is 11.3. The van der Waals surface area contributed by atoms with Crippen LogP contribution in [0.15, 0.2) is 29.2 Å². The van der Waals surface area contributed by atoms with Gasteiger partial charge in [0.15, 0.2) is 0 Å². The van der Waals surface area contributed by atoms with Gasteiger partial charge in [-0.25, -0.2) is 13.1 Å². The molecule has 2 N–H and O–H groups in total. The normalized spacial score (nSPS) is 13.6. The molecule has 0 aromatic heterocycles. The first-order valence-corrected chi connectivity index (χ1v) is 7.24. The molecule has 1 rings (SSSR count). The van der Waals surface area contributed by atoms with E-state index in [9.17, 15) is 8.42 Å². The molecule has 1 aromatic rings. The van der Waals surface area contributed by atoms with Crippen LogP contribution in [-0.4, -0.2) is 28.1 Å². The second kappa shape index (κ2) is 6.14. The number of likely N-dealkylation sites (N-methyl/N-ethyl adjacent to an activating group) is 1. The van der Waals surface area contributed by atoms with Gasteiger partial charge in [0.1, 0.15) is 0 Å². The maximum atomic E-state index is 12.0. The molecule has 5 heteroatoms. The summed E-state index contributed by atoms with van der Waals surface area (Å²) in [6, 6.07) is 7.36. The Bertz CT molecular complexity index is 457. The highest BCUT2D eigenvalue weighted by Gasteiger charge is 2.17. The Morgan fingerprint density at radius 2 is 1.94 bits per heavy atom. The number of benzene rings is 1. The molecule has 0 fully saturated rings. The van der Waals surface area contributed by atoms with E-state index in [2.05, 4.69) is 10.0 Å². The number of hydrogen-bond donors (Lipinski definition) is 2. The van der Waals surface area contributed by atoms with Crippen LogP contribution in [0.3, 0.4) is 0 Å². The monoisotopic (exact) mass is 256 g/mol. The van der Waals surface area contributed by atoms with E-state index in [1.165, 1.54) is 0 Å². The molecule has 1 atom stereocenters. The van der Waals surface area contributed by atoms with Crippen LogP contribution < -0.4 is 10.0 Å². The van der Waals surface area contributed by atoms with Gasteiger partial charge in [-0.3, -0.25) is 0 Å². The minimum Gasteiger partial charge on any atom is -0.317 e. The van der Waals surface area contributed by atoms with Crippen molar-refractivity contribution in [3.63, 3.8) is 0 Å². The lowest BCUT2D eigenvalue weighted by atomic mass is 10.1. The Labute approximate surface area is 103 Å². The van der Waals surface area contributed by atoms with E-state index >= 15 is 0 Å². The Kier molecular flexibility index (Phi) is 5.11.